The van der Waals surface area contributed by atoms with Gasteiger partial charge in [-0.3, -0.25) is 4.79 Å². The predicted molar refractivity (Wildman–Crippen MR) is 122 cm³/mol. The van der Waals surface area contributed by atoms with Crippen molar-refractivity contribution in [1.29, 1.82) is 0 Å². The third-order valence-electron chi connectivity index (χ3n) is 4.68. The van der Waals surface area contributed by atoms with Crippen molar-refractivity contribution in [3.63, 3.8) is 0 Å². The van der Waals surface area contributed by atoms with E-state index in [0.29, 0.717) is 6.54 Å². The first-order valence-electron chi connectivity index (χ1n) is 9.65. The summed E-state index contributed by atoms with van der Waals surface area (Å²) in [6.07, 6.45) is 0. The number of benzene rings is 2. The minimum Gasteiger partial charge on any atom is -0.344 e. The zero-order valence-electron chi connectivity index (χ0n) is 16.6. The Balaban J connectivity index is 1.43. The molecule has 30 heavy (non-hydrogen) atoms. The molecule has 152 valence electrons. The molecule has 0 fully saturated rings. The number of hydrogen-bond acceptors (Lipinski definition) is 5. The van der Waals surface area contributed by atoms with Crippen LogP contribution >= 0.6 is 23.1 Å². The van der Waals surface area contributed by atoms with E-state index in [1.54, 1.807) is 11.3 Å². The van der Waals surface area contributed by atoms with E-state index in [0.717, 1.165) is 21.4 Å². The second-order valence-electron chi connectivity index (χ2n) is 6.82. The molecule has 1 amide bonds. The van der Waals surface area contributed by atoms with E-state index in [-0.39, 0.29) is 17.7 Å². The normalized spacial score (nSPS) is 11.9. The van der Waals surface area contributed by atoms with E-state index < -0.39 is 0 Å². The van der Waals surface area contributed by atoms with Gasteiger partial charge in [-0.05, 0) is 29.5 Å². The first-order valence-corrected chi connectivity index (χ1v) is 11.5. The van der Waals surface area contributed by atoms with E-state index in [4.69, 9.17) is 0 Å². The number of rotatable bonds is 8. The summed E-state index contributed by atoms with van der Waals surface area (Å²) >= 11 is 3.05. The van der Waals surface area contributed by atoms with Crippen LogP contribution in [0.2, 0.25) is 0 Å². The van der Waals surface area contributed by atoms with Crippen LogP contribution in [-0.2, 0) is 11.3 Å². The summed E-state index contributed by atoms with van der Waals surface area (Å²) in [6.45, 7) is 2.62. The molecule has 0 radical (unpaired) electrons. The Labute approximate surface area is 184 Å². The van der Waals surface area contributed by atoms with Gasteiger partial charge in [0.1, 0.15) is 5.82 Å². The molecule has 0 spiro atoms. The minimum absolute atomic E-state index is 0.0332. The number of aryl methyl sites for hydroxylation is 1. The van der Waals surface area contributed by atoms with Crippen LogP contribution in [0.5, 0.6) is 0 Å². The third kappa shape index (κ3) is 4.98. The molecule has 4 rings (SSSR count). The molecule has 0 saturated heterocycles. The second-order valence-corrected chi connectivity index (χ2v) is 8.74. The number of carbonyl (C=O) groups is 1. The van der Waals surface area contributed by atoms with Crippen molar-refractivity contribution in [3.8, 4) is 0 Å². The maximum atomic E-state index is 12.8. The fourth-order valence-electron chi connectivity index (χ4n) is 3.17. The Morgan fingerprint density at radius 2 is 1.77 bits per heavy atom. The predicted octanol–water partition coefficient (Wildman–Crippen LogP) is 4.69. The molecule has 1 N–H and O–H groups in total. The van der Waals surface area contributed by atoms with Crippen molar-refractivity contribution < 1.29 is 4.79 Å². The largest absolute Gasteiger partial charge is 0.344 e. The second kappa shape index (κ2) is 9.73. The SMILES string of the molecule is Cc1nnc(SCC(=O)NC(c2ccccc2)c2cccs2)n1Cc1ccccc1. The van der Waals surface area contributed by atoms with Gasteiger partial charge in [0.25, 0.3) is 0 Å². The molecule has 2 aromatic carbocycles. The summed E-state index contributed by atoms with van der Waals surface area (Å²) in [5.41, 5.74) is 2.25. The minimum atomic E-state index is -0.150. The molecule has 2 aromatic heterocycles. The van der Waals surface area contributed by atoms with Gasteiger partial charge in [-0.15, -0.1) is 21.5 Å². The maximum absolute atomic E-state index is 12.8. The fourth-order valence-corrected chi connectivity index (χ4v) is 4.77. The van der Waals surface area contributed by atoms with E-state index in [1.165, 1.54) is 17.3 Å². The molecular weight excluding hydrogens is 412 g/mol. The number of thioether (sulfide) groups is 1. The van der Waals surface area contributed by atoms with Gasteiger partial charge in [0.15, 0.2) is 5.16 Å². The van der Waals surface area contributed by atoms with Crippen molar-refractivity contribution in [3.05, 3.63) is 100 Å². The number of aromatic nitrogens is 3. The average molecular weight is 435 g/mol. The first kappa shape index (κ1) is 20.4. The molecule has 4 aromatic rings. The van der Waals surface area contributed by atoms with Crippen molar-refractivity contribution in [2.75, 3.05) is 5.75 Å². The van der Waals surface area contributed by atoms with Gasteiger partial charge in [0, 0.05) is 4.88 Å². The highest BCUT2D eigenvalue weighted by molar-refractivity contribution is 7.99. The zero-order valence-corrected chi connectivity index (χ0v) is 18.2. The number of nitrogens with zero attached hydrogens (tertiary/aromatic N) is 3. The summed E-state index contributed by atoms with van der Waals surface area (Å²) < 4.78 is 2.04. The molecule has 5 nitrogen and oxygen atoms in total. The quantitative estimate of drug-likeness (QED) is 0.409. The molecule has 1 unspecified atom stereocenters. The van der Waals surface area contributed by atoms with Crippen LogP contribution in [-0.4, -0.2) is 26.4 Å². The van der Waals surface area contributed by atoms with Gasteiger partial charge >= 0.3 is 0 Å². The van der Waals surface area contributed by atoms with Crippen molar-refractivity contribution >= 4 is 29.0 Å². The Hall–Kier alpha value is -2.90. The Kier molecular flexibility index (Phi) is 6.61. The molecule has 1 atom stereocenters. The molecule has 0 saturated carbocycles. The number of thiophene rings is 1. The average Bonchev–Trinajstić information content (AvgIpc) is 3.43. The highest BCUT2D eigenvalue weighted by atomic mass is 32.2. The van der Waals surface area contributed by atoms with Crippen LogP contribution < -0.4 is 5.32 Å². The Morgan fingerprint density at radius 1 is 1.03 bits per heavy atom. The lowest BCUT2D eigenvalue weighted by Gasteiger charge is -2.18. The van der Waals surface area contributed by atoms with Crippen molar-refractivity contribution in [2.24, 2.45) is 0 Å². The fraction of sp³-hybridized carbons (Fsp3) is 0.174. The molecule has 7 heteroatoms. The standard InChI is InChI=1S/C23H22N4OS2/c1-17-25-26-23(27(17)15-18-9-4-2-5-10-18)30-16-21(28)24-22(20-13-8-14-29-20)19-11-6-3-7-12-19/h2-14,22H,15-16H2,1H3,(H,24,28). The Bertz CT molecular complexity index is 1080. The van der Waals surface area contributed by atoms with Gasteiger partial charge in [-0.1, -0.05) is 78.5 Å². The van der Waals surface area contributed by atoms with Gasteiger partial charge in [-0.25, -0.2) is 0 Å². The van der Waals surface area contributed by atoms with Gasteiger partial charge in [0.05, 0.1) is 18.3 Å². The molecule has 0 aliphatic rings. The van der Waals surface area contributed by atoms with Crippen molar-refractivity contribution in [2.45, 2.75) is 24.7 Å². The smallest absolute Gasteiger partial charge is 0.231 e. The summed E-state index contributed by atoms with van der Waals surface area (Å²) in [4.78, 5) is 13.9. The van der Waals surface area contributed by atoms with Crippen LogP contribution in [0.15, 0.2) is 83.3 Å². The summed E-state index contributed by atoms with van der Waals surface area (Å²) in [5.74, 6) is 1.08. The number of hydrogen-bond donors (Lipinski definition) is 1. The molecule has 0 aliphatic carbocycles. The van der Waals surface area contributed by atoms with E-state index >= 15 is 0 Å². The lowest BCUT2D eigenvalue weighted by molar-refractivity contribution is -0.119. The molecular formula is C23H22N4OS2. The van der Waals surface area contributed by atoms with Gasteiger partial charge < -0.3 is 9.88 Å². The summed E-state index contributed by atoms with van der Waals surface area (Å²) in [6, 6.07) is 24.1. The molecule has 2 heterocycles. The number of nitrogens with one attached hydrogen (secondary N) is 1. The van der Waals surface area contributed by atoms with Gasteiger partial charge in [-0.2, -0.15) is 0 Å². The van der Waals surface area contributed by atoms with Crippen LogP contribution in [0.4, 0.5) is 0 Å². The van der Waals surface area contributed by atoms with Crippen LogP contribution in [0, 0.1) is 6.92 Å². The molecule has 0 bridgehead atoms. The first-order chi connectivity index (χ1) is 14.7. The monoisotopic (exact) mass is 434 g/mol. The zero-order chi connectivity index (χ0) is 20.8. The van der Waals surface area contributed by atoms with Crippen LogP contribution in [0.1, 0.15) is 27.9 Å². The highest BCUT2D eigenvalue weighted by Gasteiger charge is 2.19. The summed E-state index contributed by atoms with van der Waals surface area (Å²) in [5, 5.41) is 14.4. The topological polar surface area (TPSA) is 59.8 Å². The number of carbonyl (C=O) groups excluding carboxylic acids is 1. The Morgan fingerprint density at radius 3 is 2.47 bits per heavy atom. The summed E-state index contributed by atoms with van der Waals surface area (Å²) in [7, 11) is 0. The third-order valence-corrected chi connectivity index (χ3v) is 6.59. The van der Waals surface area contributed by atoms with Crippen LogP contribution in [0.25, 0.3) is 0 Å². The van der Waals surface area contributed by atoms with Crippen molar-refractivity contribution in [1.82, 2.24) is 20.1 Å². The van der Waals surface area contributed by atoms with E-state index in [9.17, 15) is 4.79 Å². The van der Waals surface area contributed by atoms with Crippen LogP contribution in [0.3, 0.4) is 0 Å². The lowest BCUT2D eigenvalue weighted by Crippen LogP contribution is -2.30. The van der Waals surface area contributed by atoms with E-state index in [2.05, 4.69) is 33.7 Å². The van der Waals surface area contributed by atoms with E-state index in [1.807, 2.05) is 71.5 Å². The maximum Gasteiger partial charge on any atom is 0.231 e. The molecule has 0 aliphatic heterocycles. The lowest BCUT2D eigenvalue weighted by atomic mass is 10.1. The highest BCUT2D eigenvalue weighted by Crippen LogP contribution is 2.26. The van der Waals surface area contributed by atoms with Gasteiger partial charge in [0.2, 0.25) is 5.91 Å². The number of amides is 1.